The molecule has 1 N–H and O–H groups in total. The molecule has 1 heterocycles. The highest BCUT2D eigenvalue weighted by atomic mass is 35.5. The number of rotatable bonds is 4. The van der Waals surface area contributed by atoms with Crippen molar-refractivity contribution in [1.82, 2.24) is 4.90 Å². The highest BCUT2D eigenvalue weighted by Crippen LogP contribution is 2.14. The van der Waals surface area contributed by atoms with Crippen LogP contribution in [0, 0.1) is 10.1 Å². The highest BCUT2D eigenvalue weighted by molar-refractivity contribution is 6.30. The summed E-state index contributed by atoms with van der Waals surface area (Å²) in [6.45, 7) is 4.02. The number of nitro benzene ring substituents is 1. The van der Waals surface area contributed by atoms with Crippen molar-refractivity contribution in [3.05, 3.63) is 74.8 Å². The fraction of sp³-hybridized carbons (Fsp3) is 0.278. The molecule has 2 aromatic carbocycles. The van der Waals surface area contributed by atoms with Gasteiger partial charge in [-0.3, -0.25) is 14.9 Å². The summed E-state index contributed by atoms with van der Waals surface area (Å²) in [4.78, 5) is 26.0. The van der Waals surface area contributed by atoms with Crippen LogP contribution in [0.4, 0.5) is 5.69 Å². The molecule has 0 aromatic heterocycles. The van der Waals surface area contributed by atoms with E-state index in [-0.39, 0.29) is 11.6 Å². The zero-order valence-electron chi connectivity index (χ0n) is 13.7. The van der Waals surface area contributed by atoms with Crippen molar-refractivity contribution in [2.75, 3.05) is 26.2 Å². The van der Waals surface area contributed by atoms with Crippen LogP contribution in [0.1, 0.15) is 15.9 Å². The van der Waals surface area contributed by atoms with Crippen LogP contribution in [-0.2, 0) is 6.54 Å². The van der Waals surface area contributed by atoms with E-state index in [2.05, 4.69) is 0 Å². The number of nitrogens with zero attached hydrogens (tertiary/aromatic N) is 2. The van der Waals surface area contributed by atoms with Crippen LogP contribution < -0.4 is 4.90 Å². The number of quaternary nitrogens is 1. The number of hydrogen-bond donors (Lipinski definition) is 1. The van der Waals surface area contributed by atoms with Gasteiger partial charge < -0.3 is 9.80 Å². The molecule has 0 unspecified atom stereocenters. The van der Waals surface area contributed by atoms with Crippen molar-refractivity contribution in [2.24, 2.45) is 0 Å². The van der Waals surface area contributed by atoms with E-state index < -0.39 is 4.92 Å². The van der Waals surface area contributed by atoms with Crippen LogP contribution in [0.5, 0.6) is 0 Å². The molecule has 0 aliphatic carbocycles. The molecule has 1 saturated heterocycles. The van der Waals surface area contributed by atoms with Gasteiger partial charge in [-0.2, -0.15) is 0 Å². The summed E-state index contributed by atoms with van der Waals surface area (Å²) in [5.41, 5.74) is 1.72. The molecule has 25 heavy (non-hydrogen) atoms. The zero-order valence-corrected chi connectivity index (χ0v) is 14.4. The van der Waals surface area contributed by atoms with Gasteiger partial charge in [0.05, 0.1) is 31.1 Å². The van der Waals surface area contributed by atoms with E-state index >= 15 is 0 Å². The van der Waals surface area contributed by atoms with Gasteiger partial charge in [0.2, 0.25) is 0 Å². The van der Waals surface area contributed by atoms with E-state index in [1.165, 1.54) is 34.7 Å². The van der Waals surface area contributed by atoms with Crippen molar-refractivity contribution in [1.29, 1.82) is 0 Å². The van der Waals surface area contributed by atoms with Crippen LogP contribution >= 0.6 is 11.6 Å². The van der Waals surface area contributed by atoms with Gasteiger partial charge in [0.15, 0.2) is 0 Å². The number of carbonyl (C=O) groups excluding carboxylic acids is 1. The van der Waals surface area contributed by atoms with Crippen molar-refractivity contribution in [3.63, 3.8) is 0 Å². The lowest BCUT2D eigenvalue weighted by atomic mass is 10.1. The number of benzene rings is 2. The van der Waals surface area contributed by atoms with E-state index in [4.69, 9.17) is 11.6 Å². The predicted octanol–water partition coefficient (Wildman–Crippen LogP) is 1.79. The minimum absolute atomic E-state index is 0.00576. The number of nitro groups is 1. The second kappa shape index (κ2) is 7.63. The lowest BCUT2D eigenvalue weighted by Gasteiger charge is -2.32. The molecule has 0 bridgehead atoms. The third kappa shape index (κ3) is 4.35. The second-order valence-corrected chi connectivity index (χ2v) is 6.59. The molecule has 1 aliphatic rings. The van der Waals surface area contributed by atoms with Gasteiger partial charge in [-0.1, -0.05) is 23.7 Å². The Morgan fingerprint density at radius 3 is 2.24 bits per heavy atom. The molecule has 1 aliphatic heterocycles. The number of carbonyl (C=O) groups is 1. The maximum atomic E-state index is 12.5. The average molecular weight is 361 g/mol. The first-order valence-electron chi connectivity index (χ1n) is 8.14. The van der Waals surface area contributed by atoms with Crippen LogP contribution in [0.15, 0.2) is 48.5 Å². The third-order valence-corrected chi connectivity index (χ3v) is 4.70. The first-order valence-corrected chi connectivity index (χ1v) is 8.52. The molecule has 130 valence electrons. The Labute approximate surface area is 150 Å². The fourth-order valence-corrected chi connectivity index (χ4v) is 3.13. The molecule has 3 rings (SSSR count). The lowest BCUT2D eigenvalue weighted by Crippen LogP contribution is -3.13. The number of halogens is 1. The Balaban J connectivity index is 1.55. The minimum Gasteiger partial charge on any atom is -0.328 e. The van der Waals surface area contributed by atoms with E-state index in [9.17, 15) is 14.9 Å². The van der Waals surface area contributed by atoms with Crippen molar-refractivity contribution < 1.29 is 14.6 Å². The Hall–Kier alpha value is -2.44. The smallest absolute Gasteiger partial charge is 0.269 e. The van der Waals surface area contributed by atoms with Crippen LogP contribution in [0.3, 0.4) is 0 Å². The van der Waals surface area contributed by atoms with Gasteiger partial charge in [0.1, 0.15) is 6.54 Å². The number of amides is 1. The average Bonchev–Trinajstić information content (AvgIpc) is 2.64. The van der Waals surface area contributed by atoms with Crippen LogP contribution in [-0.4, -0.2) is 41.9 Å². The molecule has 0 atom stereocenters. The molecular formula is C18H19ClN3O3+. The van der Waals surface area contributed by atoms with Crippen molar-refractivity contribution in [2.45, 2.75) is 6.54 Å². The highest BCUT2D eigenvalue weighted by Gasteiger charge is 2.24. The minimum atomic E-state index is -0.465. The summed E-state index contributed by atoms with van der Waals surface area (Å²) < 4.78 is 0. The number of hydrogen-bond acceptors (Lipinski definition) is 3. The number of non-ortho nitro benzene ring substituents is 1. The van der Waals surface area contributed by atoms with Gasteiger partial charge in [0, 0.05) is 28.3 Å². The van der Waals surface area contributed by atoms with Crippen molar-refractivity contribution >= 4 is 23.2 Å². The van der Waals surface area contributed by atoms with Gasteiger partial charge in [-0.05, 0) is 24.3 Å². The molecule has 2 aromatic rings. The topological polar surface area (TPSA) is 67.9 Å². The summed E-state index contributed by atoms with van der Waals surface area (Å²) in [6, 6.07) is 13.6. The summed E-state index contributed by atoms with van der Waals surface area (Å²) in [6.07, 6.45) is 0. The summed E-state index contributed by atoms with van der Waals surface area (Å²) in [5, 5.41) is 11.4. The molecule has 0 radical (unpaired) electrons. The summed E-state index contributed by atoms with van der Waals surface area (Å²) in [5.74, 6) is -0.0690. The molecule has 0 saturated carbocycles. The molecule has 7 heteroatoms. The summed E-state index contributed by atoms with van der Waals surface area (Å²) in [7, 11) is 0. The van der Waals surface area contributed by atoms with E-state index in [1.54, 1.807) is 0 Å². The van der Waals surface area contributed by atoms with E-state index in [0.29, 0.717) is 18.7 Å². The molecule has 0 spiro atoms. The Kier molecular flexibility index (Phi) is 5.31. The normalized spacial score (nSPS) is 15.2. The van der Waals surface area contributed by atoms with E-state index in [1.807, 2.05) is 29.2 Å². The Morgan fingerprint density at radius 2 is 1.68 bits per heavy atom. The standard InChI is InChI=1S/C18H18ClN3O3/c19-16-5-1-14(2-6-16)13-20-9-11-21(12-10-20)18(23)15-3-7-17(8-4-15)22(24)25/h1-8H,9-13H2/p+1. The largest absolute Gasteiger partial charge is 0.328 e. The van der Waals surface area contributed by atoms with Crippen LogP contribution in [0.2, 0.25) is 5.02 Å². The first kappa shape index (κ1) is 17.4. The Morgan fingerprint density at radius 1 is 1.08 bits per heavy atom. The predicted molar refractivity (Wildman–Crippen MR) is 94.9 cm³/mol. The first-order chi connectivity index (χ1) is 12.0. The SMILES string of the molecule is O=C(c1ccc([N+](=O)[O-])cc1)N1CC[NH+](Cc2ccc(Cl)cc2)CC1. The van der Waals surface area contributed by atoms with E-state index in [0.717, 1.165) is 24.7 Å². The lowest BCUT2D eigenvalue weighted by molar-refractivity contribution is -0.917. The van der Waals surface area contributed by atoms with Crippen LogP contribution in [0.25, 0.3) is 0 Å². The van der Waals surface area contributed by atoms with Gasteiger partial charge in [0.25, 0.3) is 11.6 Å². The maximum Gasteiger partial charge on any atom is 0.269 e. The zero-order chi connectivity index (χ0) is 17.8. The van der Waals surface area contributed by atoms with Crippen molar-refractivity contribution in [3.8, 4) is 0 Å². The summed E-state index contributed by atoms with van der Waals surface area (Å²) >= 11 is 5.91. The fourth-order valence-electron chi connectivity index (χ4n) is 3.00. The van der Waals surface area contributed by atoms with Gasteiger partial charge >= 0.3 is 0 Å². The molecular weight excluding hydrogens is 342 g/mol. The molecule has 1 fully saturated rings. The second-order valence-electron chi connectivity index (χ2n) is 6.15. The quantitative estimate of drug-likeness (QED) is 0.667. The third-order valence-electron chi connectivity index (χ3n) is 4.45. The Bertz CT molecular complexity index is 754. The number of nitrogens with one attached hydrogen (secondary N) is 1. The monoisotopic (exact) mass is 360 g/mol. The van der Waals surface area contributed by atoms with Gasteiger partial charge in [-0.15, -0.1) is 0 Å². The number of piperazine rings is 1. The maximum absolute atomic E-state index is 12.5. The van der Waals surface area contributed by atoms with Gasteiger partial charge in [-0.25, -0.2) is 0 Å². The molecule has 6 nitrogen and oxygen atoms in total. The molecule has 1 amide bonds.